The van der Waals surface area contributed by atoms with E-state index in [0.29, 0.717) is 11.3 Å². The quantitative estimate of drug-likeness (QED) is 0.597. The molecule has 0 aliphatic heterocycles. The maximum Gasteiger partial charge on any atom is 0.310 e. The molecule has 0 atom stereocenters. The van der Waals surface area contributed by atoms with Crippen molar-refractivity contribution in [3.63, 3.8) is 0 Å². The van der Waals surface area contributed by atoms with Gasteiger partial charge >= 0.3 is 5.97 Å². The molecule has 26 heavy (non-hydrogen) atoms. The number of hydrogen-bond donors (Lipinski definition) is 0. The van der Waals surface area contributed by atoms with E-state index in [4.69, 9.17) is 9.47 Å². The molecule has 134 valence electrons. The Labute approximate surface area is 155 Å². The van der Waals surface area contributed by atoms with Crippen LogP contribution in [0, 0.1) is 12.7 Å². The number of carbonyl (C=O) groups excluding carboxylic acids is 1. The zero-order valence-electron chi connectivity index (χ0n) is 14.5. The molecule has 6 heteroatoms. The summed E-state index contributed by atoms with van der Waals surface area (Å²) in [6, 6.07) is 12.5. The molecule has 1 heterocycles. The van der Waals surface area contributed by atoms with Gasteiger partial charge in [-0.25, -0.2) is 9.37 Å². The fourth-order valence-corrected chi connectivity index (χ4v) is 3.20. The number of thiazole rings is 1. The van der Waals surface area contributed by atoms with Crippen molar-refractivity contribution in [1.29, 1.82) is 0 Å². The normalized spacial score (nSPS) is 10.6. The Morgan fingerprint density at radius 1 is 1.19 bits per heavy atom. The third-order valence-electron chi connectivity index (χ3n) is 3.80. The van der Waals surface area contributed by atoms with E-state index in [9.17, 15) is 9.18 Å². The van der Waals surface area contributed by atoms with E-state index in [0.717, 1.165) is 10.6 Å². The first kappa shape index (κ1) is 18.1. The fourth-order valence-electron chi connectivity index (χ4n) is 2.39. The van der Waals surface area contributed by atoms with Gasteiger partial charge in [-0.1, -0.05) is 35.9 Å². The lowest BCUT2D eigenvalue weighted by molar-refractivity contribution is -0.144. The van der Waals surface area contributed by atoms with Gasteiger partial charge in [0.1, 0.15) is 11.6 Å². The molecule has 0 spiro atoms. The molecule has 0 fully saturated rings. The zero-order valence-corrected chi connectivity index (χ0v) is 15.3. The first-order valence-electron chi connectivity index (χ1n) is 8.04. The van der Waals surface area contributed by atoms with Crippen molar-refractivity contribution < 1.29 is 18.7 Å². The van der Waals surface area contributed by atoms with Crippen LogP contribution < -0.4 is 4.74 Å². The molecule has 0 radical (unpaired) electrons. The van der Waals surface area contributed by atoms with Gasteiger partial charge in [-0.05, 0) is 24.6 Å². The van der Waals surface area contributed by atoms with Crippen LogP contribution in [0.2, 0.25) is 0 Å². The third-order valence-corrected chi connectivity index (χ3v) is 4.74. The van der Waals surface area contributed by atoms with E-state index >= 15 is 0 Å². The lowest BCUT2D eigenvalue weighted by Gasteiger charge is -2.05. The Bertz CT molecular complexity index is 906. The highest BCUT2D eigenvalue weighted by Crippen LogP contribution is 2.24. The Morgan fingerprint density at radius 3 is 2.65 bits per heavy atom. The lowest BCUT2D eigenvalue weighted by Crippen LogP contribution is -2.08. The van der Waals surface area contributed by atoms with Crippen LogP contribution in [0.25, 0.3) is 10.6 Å². The molecular weight excluding hydrogens is 353 g/mol. The standard InChI is InChI=1S/C20H18FNO3S/c1-13-3-6-15(7-4-13)20-22-16(12-26-20)11-25-19(23)10-14-5-8-18(24-2)17(21)9-14/h3-9,12H,10-11H2,1-2H3. The molecule has 0 aliphatic rings. The summed E-state index contributed by atoms with van der Waals surface area (Å²) < 4.78 is 23.8. The van der Waals surface area contributed by atoms with Crippen LogP contribution >= 0.6 is 11.3 Å². The molecule has 0 bridgehead atoms. The Balaban J connectivity index is 1.56. The summed E-state index contributed by atoms with van der Waals surface area (Å²) in [6.07, 6.45) is -0.00410. The second kappa shape index (κ2) is 8.10. The Hall–Kier alpha value is -2.73. The number of benzene rings is 2. The average molecular weight is 371 g/mol. The lowest BCUT2D eigenvalue weighted by atomic mass is 10.1. The maximum absolute atomic E-state index is 13.7. The number of carbonyl (C=O) groups is 1. The van der Waals surface area contributed by atoms with Crippen molar-refractivity contribution in [2.45, 2.75) is 20.0 Å². The van der Waals surface area contributed by atoms with Gasteiger partial charge < -0.3 is 9.47 Å². The number of methoxy groups -OCH3 is 1. The number of aromatic nitrogens is 1. The summed E-state index contributed by atoms with van der Waals surface area (Å²) >= 11 is 1.50. The Morgan fingerprint density at radius 2 is 1.96 bits per heavy atom. The van der Waals surface area contributed by atoms with Gasteiger partial charge in [0.2, 0.25) is 0 Å². The van der Waals surface area contributed by atoms with Crippen LogP contribution in [0.5, 0.6) is 5.75 Å². The number of halogens is 1. The second-order valence-corrected chi connectivity index (χ2v) is 6.67. The molecule has 3 aromatic rings. The number of esters is 1. The molecule has 0 saturated carbocycles. The highest BCUT2D eigenvalue weighted by molar-refractivity contribution is 7.13. The first-order chi connectivity index (χ1) is 12.5. The minimum atomic E-state index is -0.500. The minimum Gasteiger partial charge on any atom is -0.494 e. The van der Waals surface area contributed by atoms with E-state index in [-0.39, 0.29) is 18.8 Å². The van der Waals surface area contributed by atoms with Crippen molar-refractivity contribution in [2.75, 3.05) is 7.11 Å². The topological polar surface area (TPSA) is 48.4 Å². The van der Waals surface area contributed by atoms with Gasteiger partial charge in [0.05, 0.1) is 19.2 Å². The summed E-state index contributed by atoms with van der Waals surface area (Å²) in [7, 11) is 1.39. The molecule has 0 saturated heterocycles. The summed E-state index contributed by atoms with van der Waals surface area (Å²) in [6.45, 7) is 2.13. The number of nitrogens with zero attached hydrogens (tertiary/aromatic N) is 1. The number of aryl methyl sites for hydroxylation is 1. The third kappa shape index (κ3) is 4.46. The summed E-state index contributed by atoms with van der Waals surface area (Å²) in [5, 5.41) is 2.75. The van der Waals surface area contributed by atoms with Gasteiger partial charge in [-0.3, -0.25) is 4.79 Å². The van der Waals surface area contributed by atoms with Gasteiger partial charge in [0, 0.05) is 10.9 Å². The average Bonchev–Trinajstić information content (AvgIpc) is 3.10. The molecule has 0 N–H and O–H groups in total. The van der Waals surface area contributed by atoms with Crippen LogP contribution in [0.1, 0.15) is 16.8 Å². The van der Waals surface area contributed by atoms with Crippen molar-refractivity contribution in [3.8, 4) is 16.3 Å². The smallest absolute Gasteiger partial charge is 0.310 e. The SMILES string of the molecule is COc1ccc(CC(=O)OCc2csc(-c3ccc(C)cc3)n2)cc1F. The molecular formula is C20H18FNO3S. The Kier molecular flexibility index (Phi) is 5.63. The highest BCUT2D eigenvalue weighted by Gasteiger charge is 2.11. The molecule has 1 aromatic heterocycles. The van der Waals surface area contributed by atoms with Crippen LogP contribution in [0.4, 0.5) is 4.39 Å². The monoisotopic (exact) mass is 371 g/mol. The van der Waals surface area contributed by atoms with Gasteiger partial charge in [0.15, 0.2) is 11.6 Å². The van der Waals surface area contributed by atoms with Crippen molar-refractivity contribution in [1.82, 2.24) is 4.98 Å². The predicted molar refractivity (Wildman–Crippen MR) is 98.7 cm³/mol. The molecule has 3 rings (SSSR count). The van der Waals surface area contributed by atoms with E-state index in [2.05, 4.69) is 4.98 Å². The fraction of sp³-hybridized carbons (Fsp3) is 0.200. The van der Waals surface area contributed by atoms with Gasteiger partial charge in [0.25, 0.3) is 0 Å². The predicted octanol–water partition coefficient (Wildman–Crippen LogP) is 4.55. The highest BCUT2D eigenvalue weighted by atomic mass is 32.1. The van der Waals surface area contributed by atoms with E-state index < -0.39 is 11.8 Å². The number of hydrogen-bond acceptors (Lipinski definition) is 5. The van der Waals surface area contributed by atoms with Crippen LogP contribution in [-0.2, 0) is 22.6 Å². The van der Waals surface area contributed by atoms with Crippen LogP contribution in [-0.4, -0.2) is 18.1 Å². The van der Waals surface area contributed by atoms with Crippen molar-refractivity contribution in [2.24, 2.45) is 0 Å². The van der Waals surface area contributed by atoms with Crippen LogP contribution in [0.15, 0.2) is 47.8 Å². The number of ether oxygens (including phenoxy) is 2. The largest absolute Gasteiger partial charge is 0.494 e. The molecule has 4 nitrogen and oxygen atoms in total. The molecule has 0 aliphatic carbocycles. The second-order valence-electron chi connectivity index (χ2n) is 5.82. The van der Waals surface area contributed by atoms with E-state index in [1.165, 1.54) is 36.1 Å². The van der Waals surface area contributed by atoms with Crippen molar-refractivity contribution >= 4 is 17.3 Å². The summed E-state index contributed by atoms with van der Waals surface area (Å²) in [4.78, 5) is 16.5. The van der Waals surface area contributed by atoms with Crippen LogP contribution in [0.3, 0.4) is 0 Å². The van der Waals surface area contributed by atoms with E-state index in [1.54, 1.807) is 6.07 Å². The minimum absolute atomic E-state index is 0.00410. The molecule has 0 unspecified atom stereocenters. The molecule has 2 aromatic carbocycles. The van der Waals surface area contributed by atoms with Gasteiger partial charge in [-0.15, -0.1) is 11.3 Å². The number of rotatable bonds is 6. The molecule has 0 amide bonds. The maximum atomic E-state index is 13.7. The van der Waals surface area contributed by atoms with Gasteiger partial charge in [-0.2, -0.15) is 0 Å². The van der Waals surface area contributed by atoms with E-state index in [1.807, 2.05) is 36.6 Å². The summed E-state index contributed by atoms with van der Waals surface area (Å²) in [5.74, 6) is -0.785. The van der Waals surface area contributed by atoms with Crippen molar-refractivity contribution in [3.05, 3.63) is 70.5 Å². The zero-order chi connectivity index (χ0) is 18.5. The summed E-state index contributed by atoms with van der Waals surface area (Å²) in [5.41, 5.74) is 3.45. The first-order valence-corrected chi connectivity index (χ1v) is 8.92.